The van der Waals surface area contributed by atoms with Crippen LogP contribution in [0.1, 0.15) is 84.2 Å². The van der Waals surface area contributed by atoms with Gasteiger partial charge in [0.15, 0.2) is 0 Å². The molecule has 0 radical (unpaired) electrons. The highest BCUT2D eigenvalue weighted by Crippen LogP contribution is 2.26. The number of fused-ring (bicyclic) bond motifs is 9. The van der Waals surface area contributed by atoms with Crippen molar-refractivity contribution < 1.29 is 19.1 Å². The van der Waals surface area contributed by atoms with Gasteiger partial charge in [-0.1, -0.05) is 37.8 Å². The largest absolute Gasteiger partial charge is 0.462 e. The first kappa shape index (κ1) is 18.5. The Kier molecular flexibility index (Phi) is 7.29. The van der Waals surface area contributed by atoms with Gasteiger partial charge in [-0.2, -0.15) is 0 Å². The maximum Gasteiger partial charge on any atom is 0.339 e. The molecule has 132 valence electrons. The van der Waals surface area contributed by atoms with E-state index in [1.165, 1.54) is 12.8 Å². The van der Waals surface area contributed by atoms with E-state index in [0.29, 0.717) is 24.3 Å². The van der Waals surface area contributed by atoms with Crippen LogP contribution >= 0.6 is 0 Å². The third kappa shape index (κ3) is 4.59. The molecule has 0 saturated carbocycles. The van der Waals surface area contributed by atoms with E-state index < -0.39 is 11.9 Å². The lowest BCUT2D eigenvalue weighted by Crippen LogP contribution is -2.19. The maximum atomic E-state index is 12.6. The SMILES string of the molecule is CCOC(=O)c1c2ccc(c1C(=O)OCC)CCCCCCCC2. The number of rotatable bonds is 4. The first-order chi connectivity index (χ1) is 11.7. The molecule has 0 N–H and O–H groups in total. The van der Waals surface area contributed by atoms with Crippen LogP contribution in [0.25, 0.3) is 0 Å². The van der Waals surface area contributed by atoms with Gasteiger partial charge in [-0.25, -0.2) is 9.59 Å². The van der Waals surface area contributed by atoms with Gasteiger partial charge in [-0.15, -0.1) is 0 Å². The van der Waals surface area contributed by atoms with Crippen LogP contribution in [0.5, 0.6) is 0 Å². The second-order valence-corrected chi connectivity index (χ2v) is 6.20. The van der Waals surface area contributed by atoms with Crippen molar-refractivity contribution >= 4 is 11.9 Å². The predicted molar refractivity (Wildman–Crippen MR) is 93.5 cm³/mol. The second-order valence-electron chi connectivity index (χ2n) is 6.20. The van der Waals surface area contributed by atoms with E-state index in [4.69, 9.17) is 9.47 Å². The van der Waals surface area contributed by atoms with Crippen molar-refractivity contribution in [3.05, 3.63) is 34.4 Å². The van der Waals surface area contributed by atoms with Crippen molar-refractivity contribution in [2.24, 2.45) is 0 Å². The Bertz CT molecular complexity index is 526. The van der Waals surface area contributed by atoms with Crippen LogP contribution < -0.4 is 0 Å². The van der Waals surface area contributed by atoms with E-state index >= 15 is 0 Å². The van der Waals surface area contributed by atoms with E-state index in [9.17, 15) is 9.59 Å². The number of carbonyl (C=O) groups is 2. The fourth-order valence-corrected chi connectivity index (χ4v) is 3.32. The Hall–Kier alpha value is -1.84. The van der Waals surface area contributed by atoms with Crippen LogP contribution in [0.4, 0.5) is 0 Å². The highest BCUT2D eigenvalue weighted by molar-refractivity contribution is 6.05. The molecule has 0 amide bonds. The molecule has 2 aliphatic carbocycles. The van der Waals surface area contributed by atoms with Crippen molar-refractivity contribution in [2.45, 2.75) is 65.2 Å². The van der Waals surface area contributed by atoms with Crippen molar-refractivity contribution in [2.75, 3.05) is 13.2 Å². The van der Waals surface area contributed by atoms with Gasteiger partial charge in [0.05, 0.1) is 24.3 Å². The molecule has 0 fully saturated rings. The molecule has 0 heterocycles. The van der Waals surface area contributed by atoms with E-state index in [-0.39, 0.29) is 0 Å². The van der Waals surface area contributed by atoms with E-state index in [0.717, 1.165) is 49.7 Å². The summed E-state index contributed by atoms with van der Waals surface area (Å²) in [5, 5.41) is 0. The predicted octanol–water partition coefficient (Wildman–Crippen LogP) is 4.48. The van der Waals surface area contributed by atoms with Crippen LogP contribution in [0.15, 0.2) is 12.1 Å². The van der Waals surface area contributed by atoms with Crippen molar-refractivity contribution in [1.82, 2.24) is 0 Å². The van der Waals surface area contributed by atoms with E-state index in [1.807, 2.05) is 12.1 Å². The third-order valence-electron chi connectivity index (χ3n) is 4.48. The summed E-state index contributed by atoms with van der Waals surface area (Å²) < 4.78 is 10.5. The van der Waals surface area contributed by atoms with Crippen LogP contribution in [-0.2, 0) is 22.3 Å². The van der Waals surface area contributed by atoms with Crippen LogP contribution in [0.3, 0.4) is 0 Å². The minimum Gasteiger partial charge on any atom is -0.462 e. The van der Waals surface area contributed by atoms with Gasteiger partial charge < -0.3 is 9.47 Å². The number of ether oxygens (including phenoxy) is 2. The van der Waals surface area contributed by atoms with Gasteiger partial charge in [-0.05, 0) is 50.7 Å². The fraction of sp³-hybridized carbons (Fsp3) is 0.600. The number of esters is 2. The van der Waals surface area contributed by atoms with Gasteiger partial charge in [0.2, 0.25) is 0 Å². The van der Waals surface area contributed by atoms with Gasteiger partial charge >= 0.3 is 11.9 Å². The summed E-state index contributed by atoms with van der Waals surface area (Å²) >= 11 is 0. The minimum atomic E-state index is -0.408. The smallest absolute Gasteiger partial charge is 0.339 e. The summed E-state index contributed by atoms with van der Waals surface area (Å²) in [6, 6.07) is 3.98. The first-order valence-corrected chi connectivity index (χ1v) is 9.18. The Morgan fingerprint density at radius 3 is 1.50 bits per heavy atom. The number of hydrogen-bond donors (Lipinski definition) is 0. The number of benzene rings is 1. The van der Waals surface area contributed by atoms with E-state index in [1.54, 1.807) is 13.8 Å². The Morgan fingerprint density at radius 2 is 1.12 bits per heavy atom. The molecule has 3 rings (SSSR count). The van der Waals surface area contributed by atoms with Crippen molar-refractivity contribution in [3.8, 4) is 0 Å². The van der Waals surface area contributed by atoms with E-state index in [2.05, 4.69) is 0 Å². The molecule has 0 aliphatic heterocycles. The molecule has 24 heavy (non-hydrogen) atoms. The van der Waals surface area contributed by atoms with Crippen molar-refractivity contribution in [1.29, 1.82) is 0 Å². The summed E-state index contributed by atoms with van der Waals surface area (Å²) in [6.07, 6.45) is 8.40. The van der Waals surface area contributed by atoms with Gasteiger partial charge in [0, 0.05) is 0 Å². The van der Waals surface area contributed by atoms with Crippen LogP contribution in [-0.4, -0.2) is 25.2 Å². The highest BCUT2D eigenvalue weighted by atomic mass is 16.5. The number of hydrogen-bond acceptors (Lipinski definition) is 4. The monoisotopic (exact) mass is 332 g/mol. The van der Waals surface area contributed by atoms with Crippen molar-refractivity contribution in [3.63, 3.8) is 0 Å². The standard InChI is InChI=1S/C20H28O4/c1-3-23-19(21)17-15-11-9-7-5-6-8-10-12-16(14-13-15)18(17)20(22)24-4-2/h13-14H,3-12H2,1-2H3. The van der Waals surface area contributed by atoms with Gasteiger partial charge in [-0.3, -0.25) is 0 Å². The number of aryl methyl sites for hydroxylation is 2. The average Bonchev–Trinajstić information content (AvgIpc) is 2.55. The molecule has 2 aliphatic rings. The summed E-state index contributed by atoms with van der Waals surface area (Å²) in [7, 11) is 0. The normalized spacial score (nSPS) is 15.2. The molecule has 0 spiro atoms. The highest BCUT2D eigenvalue weighted by Gasteiger charge is 2.26. The topological polar surface area (TPSA) is 52.6 Å². The molecular formula is C20H28O4. The summed E-state index contributed by atoms with van der Waals surface area (Å²) in [5.74, 6) is -0.816. The van der Waals surface area contributed by atoms with Gasteiger partial charge in [0.1, 0.15) is 0 Å². The molecule has 2 bridgehead atoms. The zero-order chi connectivity index (χ0) is 17.4. The molecule has 1 aromatic carbocycles. The zero-order valence-corrected chi connectivity index (χ0v) is 14.9. The quantitative estimate of drug-likeness (QED) is 0.763. The summed E-state index contributed by atoms with van der Waals surface area (Å²) in [5.41, 5.74) is 2.66. The number of carbonyl (C=O) groups excluding carboxylic acids is 2. The Balaban J connectivity index is 2.53. The average molecular weight is 332 g/mol. The Morgan fingerprint density at radius 1 is 0.750 bits per heavy atom. The zero-order valence-electron chi connectivity index (χ0n) is 14.9. The lowest BCUT2D eigenvalue weighted by molar-refractivity contribution is 0.0476. The van der Waals surface area contributed by atoms with Crippen LogP contribution in [0.2, 0.25) is 0 Å². The molecule has 4 heteroatoms. The van der Waals surface area contributed by atoms with Gasteiger partial charge in [0.25, 0.3) is 0 Å². The first-order valence-electron chi connectivity index (χ1n) is 9.18. The third-order valence-corrected chi connectivity index (χ3v) is 4.48. The lowest BCUT2D eigenvalue weighted by atomic mass is 9.89. The summed E-state index contributed by atoms with van der Waals surface area (Å²) in [4.78, 5) is 25.1. The minimum absolute atomic E-state index is 0.296. The summed E-state index contributed by atoms with van der Waals surface area (Å²) in [6.45, 7) is 4.16. The molecule has 0 aromatic heterocycles. The molecule has 0 saturated heterocycles. The molecule has 1 aromatic rings. The second kappa shape index (κ2) is 9.45. The molecular weight excluding hydrogens is 304 g/mol. The lowest BCUT2D eigenvalue weighted by Gasteiger charge is -2.18. The Labute approximate surface area is 144 Å². The molecule has 4 nitrogen and oxygen atoms in total. The molecule has 0 unspecified atom stereocenters. The van der Waals surface area contributed by atoms with Crippen LogP contribution in [0, 0.1) is 0 Å². The maximum absolute atomic E-state index is 12.6. The molecule has 0 atom stereocenters. The fourth-order valence-electron chi connectivity index (χ4n) is 3.32.